The number of hydrogen-bond donors (Lipinski definition) is 1. The van der Waals surface area contributed by atoms with Crippen LogP contribution in [-0.2, 0) is 6.54 Å². The Balaban J connectivity index is 1.59. The number of nitrogens with zero attached hydrogens (tertiary/aromatic N) is 2. The standard InChI is InChI=1S/C25H23ClFN3O2/c1-17-10-11-23(22(14-17)28-24(31)20-8-2-3-9-21(20)27)30-13-5-12-29(25(30)32)16-18-6-4-7-19(26)15-18/h2-4,6-11,14-15H,5,12-13,16H2,1H3,(H,28,31). The van der Waals surface area contributed by atoms with Crippen LogP contribution < -0.4 is 10.2 Å². The number of hydrogen-bond acceptors (Lipinski definition) is 2. The lowest BCUT2D eigenvalue weighted by Crippen LogP contribution is -2.49. The Bertz CT molecular complexity index is 1170. The normalized spacial score (nSPS) is 13.9. The number of urea groups is 1. The third kappa shape index (κ3) is 4.75. The van der Waals surface area contributed by atoms with Gasteiger partial charge in [0.15, 0.2) is 0 Å². The molecule has 1 N–H and O–H groups in total. The maximum absolute atomic E-state index is 14.1. The van der Waals surface area contributed by atoms with Crippen LogP contribution in [0.3, 0.4) is 0 Å². The van der Waals surface area contributed by atoms with Crippen molar-refractivity contribution in [1.82, 2.24) is 4.90 Å². The predicted octanol–water partition coefficient (Wildman–Crippen LogP) is 5.87. The van der Waals surface area contributed by atoms with Crippen molar-refractivity contribution in [1.29, 1.82) is 0 Å². The highest BCUT2D eigenvalue weighted by atomic mass is 35.5. The van der Waals surface area contributed by atoms with E-state index in [1.54, 1.807) is 28.0 Å². The van der Waals surface area contributed by atoms with Gasteiger partial charge in [-0.1, -0.05) is 41.9 Å². The van der Waals surface area contributed by atoms with Crippen molar-refractivity contribution >= 4 is 34.9 Å². The summed E-state index contributed by atoms with van der Waals surface area (Å²) >= 11 is 6.09. The van der Waals surface area contributed by atoms with Crippen molar-refractivity contribution in [2.45, 2.75) is 19.9 Å². The molecule has 3 aromatic carbocycles. The summed E-state index contributed by atoms with van der Waals surface area (Å²) in [4.78, 5) is 29.4. The van der Waals surface area contributed by atoms with Gasteiger partial charge in [0.25, 0.3) is 5.91 Å². The zero-order valence-corrected chi connectivity index (χ0v) is 18.4. The van der Waals surface area contributed by atoms with Gasteiger partial charge in [0.2, 0.25) is 0 Å². The Morgan fingerprint density at radius 3 is 2.66 bits per heavy atom. The second-order valence-corrected chi connectivity index (χ2v) is 8.23. The molecular formula is C25H23ClFN3O2. The van der Waals surface area contributed by atoms with Crippen LogP contribution in [0.4, 0.5) is 20.6 Å². The molecule has 0 bridgehead atoms. The lowest BCUT2D eigenvalue weighted by molar-refractivity contribution is 0.102. The van der Waals surface area contributed by atoms with Gasteiger partial charge in [0, 0.05) is 24.7 Å². The first-order valence-electron chi connectivity index (χ1n) is 10.4. The van der Waals surface area contributed by atoms with E-state index in [1.165, 1.54) is 18.2 Å². The molecule has 1 fully saturated rings. The fraction of sp³-hybridized carbons (Fsp3) is 0.200. The van der Waals surface area contributed by atoms with Gasteiger partial charge in [0.05, 0.1) is 16.9 Å². The third-order valence-corrected chi connectivity index (χ3v) is 5.62. The van der Waals surface area contributed by atoms with Gasteiger partial charge >= 0.3 is 6.03 Å². The molecule has 0 saturated carbocycles. The Morgan fingerprint density at radius 1 is 1.06 bits per heavy atom. The van der Waals surface area contributed by atoms with Crippen LogP contribution in [0, 0.1) is 12.7 Å². The fourth-order valence-corrected chi connectivity index (χ4v) is 4.04. The average molecular weight is 452 g/mol. The first kappa shape index (κ1) is 21.8. The van der Waals surface area contributed by atoms with E-state index in [4.69, 9.17) is 11.6 Å². The van der Waals surface area contributed by atoms with Gasteiger partial charge < -0.3 is 10.2 Å². The summed E-state index contributed by atoms with van der Waals surface area (Å²) in [5, 5.41) is 3.42. The zero-order valence-electron chi connectivity index (χ0n) is 17.6. The van der Waals surface area contributed by atoms with Crippen molar-refractivity contribution in [3.05, 3.63) is 94.3 Å². The minimum Gasteiger partial charge on any atom is -0.320 e. The molecule has 1 saturated heterocycles. The van der Waals surface area contributed by atoms with Crippen molar-refractivity contribution in [3.8, 4) is 0 Å². The van der Waals surface area contributed by atoms with Crippen LogP contribution in [0.5, 0.6) is 0 Å². The Kier molecular flexibility index (Phi) is 6.42. The van der Waals surface area contributed by atoms with E-state index < -0.39 is 11.7 Å². The average Bonchev–Trinajstić information content (AvgIpc) is 2.76. The van der Waals surface area contributed by atoms with Crippen LogP contribution in [0.15, 0.2) is 66.7 Å². The van der Waals surface area contributed by atoms with Crippen molar-refractivity contribution in [3.63, 3.8) is 0 Å². The molecule has 4 rings (SSSR count). The minimum atomic E-state index is -0.596. The molecule has 0 spiro atoms. The molecule has 0 unspecified atom stereocenters. The van der Waals surface area contributed by atoms with Gasteiger partial charge in [-0.25, -0.2) is 9.18 Å². The highest BCUT2D eigenvalue weighted by molar-refractivity contribution is 6.30. The Hall–Kier alpha value is -3.38. The number of anilines is 2. The molecule has 0 atom stereocenters. The smallest absolute Gasteiger partial charge is 0.320 e. The summed E-state index contributed by atoms with van der Waals surface area (Å²) in [5.41, 5.74) is 2.87. The topological polar surface area (TPSA) is 52.6 Å². The van der Waals surface area contributed by atoms with Crippen LogP contribution in [0.25, 0.3) is 0 Å². The largest absolute Gasteiger partial charge is 0.324 e. The van der Waals surface area contributed by atoms with E-state index in [-0.39, 0.29) is 11.6 Å². The molecule has 1 aliphatic heterocycles. The second-order valence-electron chi connectivity index (χ2n) is 7.79. The first-order valence-corrected chi connectivity index (χ1v) is 10.8. The Labute approximate surface area is 191 Å². The SMILES string of the molecule is Cc1ccc(N2CCCN(Cc3cccc(Cl)c3)C2=O)c(NC(=O)c2ccccc2F)c1. The van der Waals surface area contributed by atoms with Crippen LogP contribution in [0.1, 0.15) is 27.9 Å². The lowest BCUT2D eigenvalue weighted by atomic mass is 10.1. The summed E-state index contributed by atoms with van der Waals surface area (Å²) in [6, 6.07) is 18.6. The molecule has 1 aliphatic rings. The summed E-state index contributed by atoms with van der Waals surface area (Å²) < 4.78 is 14.1. The molecule has 3 aromatic rings. The molecule has 0 radical (unpaired) electrons. The number of rotatable bonds is 5. The molecular weight excluding hydrogens is 429 g/mol. The molecule has 5 nitrogen and oxygen atoms in total. The number of halogens is 2. The van der Waals surface area contributed by atoms with Crippen LogP contribution in [0.2, 0.25) is 5.02 Å². The van der Waals surface area contributed by atoms with Gasteiger partial charge in [-0.3, -0.25) is 9.69 Å². The van der Waals surface area contributed by atoms with E-state index in [1.807, 2.05) is 37.3 Å². The van der Waals surface area contributed by atoms with E-state index in [9.17, 15) is 14.0 Å². The molecule has 0 aromatic heterocycles. The maximum atomic E-state index is 14.1. The van der Waals surface area contributed by atoms with Crippen LogP contribution in [-0.4, -0.2) is 29.9 Å². The molecule has 1 heterocycles. The Morgan fingerprint density at radius 2 is 1.88 bits per heavy atom. The quantitative estimate of drug-likeness (QED) is 0.527. The van der Waals surface area contributed by atoms with Gasteiger partial charge in [0.1, 0.15) is 5.82 Å². The zero-order chi connectivity index (χ0) is 22.7. The number of aryl methyl sites for hydroxylation is 1. The number of carbonyl (C=O) groups excluding carboxylic acids is 2. The van der Waals surface area contributed by atoms with Crippen molar-refractivity contribution < 1.29 is 14.0 Å². The first-order chi connectivity index (χ1) is 15.4. The third-order valence-electron chi connectivity index (χ3n) is 5.38. The summed E-state index contributed by atoms with van der Waals surface area (Å²) in [7, 11) is 0. The molecule has 3 amide bonds. The van der Waals surface area contributed by atoms with Crippen molar-refractivity contribution in [2.24, 2.45) is 0 Å². The van der Waals surface area contributed by atoms with Crippen LogP contribution >= 0.6 is 11.6 Å². The molecule has 0 aliphatic carbocycles. The van der Waals surface area contributed by atoms with E-state index in [2.05, 4.69) is 5.32 Å². The minimum absolute atomic E-state index is 0.0486. The van der Waals surface area contributed by atoms with E-state index >= 15 is 0 Å². The van der Waals surface area contributed by atoms with Gasteiger partial charge in [-0.15, -0.1) is 0 Å². The number of amides is 3. The van der Waals surface area contributed by atoms with Gasteiger partial charge in [-0.05, 0) is 60.9 Å². The molecule has 7 heteroatoms. The lowest BCUT2D eigenvalue weighted by Gasteiger charge is -2.36. The highest BCUT2D eigenvalue weighted by Gasteiger charge is 2.29. The summed E-state index contributed by atoms with van der Waals surface area (Å²) in [6.07, 6.45) is 0.779. The molecule has 32 heavy (non-hydrogen) atoms. The maximum Gasteiger partial charge on any atom is 0.324 e. The summed E-state index contributed by atoms with van der Waals surface area (Å²) in [5.74, 6) is -1.16. The van der Waals surface area contributed by atoms with E-state index in [0.29, 0.717) is 36.0 Å². The highest BCUT2D eigenvalue weighted by Crippen LogP contribution is 2.31. The number of carbonyl (C=O) groups is 2. The summed E-state index contributed by atoms with van der Waals surface area (Å²) in [6.45, 7) is 3.49. The predicted molar refractivity (Wildman–Crippen MR) is 125 cm³/mol. The second kappa shape index (κ2) is 9.40. The molecule has 164 valence electrons. The number of benzene rings is 3. The monoisotopic (exact) mass is 451 g/mol. The number of nitrogens with one attached hydrogen (secondary N) is 1. The van der Waals surface area contributed by atoms with Crippen molar-refractivity contribution in [2.75, 3.05) is 23.3 Å². The van der Waals surface area contributed by atoms with E-state index in [0.717, 1.165) is 17.5 Å². The fourth-order valence-electron chi connectivity index (χ4n) is 3.83. The van der Waals surface area contributed by atoms with Gasteiger partial charge in [-0.2, -0.15) is 0 Å².